The van der Waals surface area contributed by atoms with Crippen LogP contribution in [0.2, 0.25) is 0 Å². The molecular weight excluding hydrogens is 244 g/mol. The molecule has 0 aromatic rings. The molecule has 6 heteroatoms. The third-order valence-corrected chi connectivity index (χ3v) is 4.12. The molecule has 108 valence electrons. The number of carbonyl (C=O) groups is 2. The Labute approximate surface area is 114 Å². The number of hydrogen-bond acceptors (Lipinski definition) is 3. The van der Waals surface area contributed by atoms with Crippen molar-refractivity contribution in [3.05, 3.63) is 0 Å². The Morgan fingerprint density at radius 2 is 1.79 bits per heavy atom. The highest BCUT2D eigenvalue weighted by atomic mass is 16.2. The number of rotatable bonds is 3. The van der Waals surface area contributed by atoms with Gasteiger partial charge in [-0.3, -0.25) is 4.79 Å². The van der Waals surface area contributed by atoms with Crippen LogP contribution in [-0.4, -0.2) is 67.6 Å². The summed E-state index contributed by atoms with van der Waals surface area (Å²) in [6, 6.07) is -0.0224. The molecule has 3 amide bonds. The lowest BCUT2D eigenvalue weighted by molar-refractivity contribution is -0.138. The number of carbonyl (C=O) groups excluding carboxylic acids is 2. The Hall–Kier alpha value is -1.30. The third-order valence-electron chi connectivity index (χ3n) is 4.12. The van der Waals surface area contributed by atoms with Gasteiger partial charge in [0.15, 0.2) is 0 Å². The van der Waals surface area contributed by atoms with Crippen molar-refractivity contribution in [2.45, 2.75) is 13.8 Å². The van der Waals surface area contributed by atoms with Crippen molar-refractivity contribution in [2.24, 2.45) is 11.8 Å². The molecule has 1 atom stereocenters. The van der Waals surface area contributed by atoms with Gasteiger partial charge in [0.05, 0.1) is 0 Å². The fraction of sp³-hybridized carbons (Fsp3) is 0.846. The van der Waals surface area contributed by atoms with Gasteiger partial charge in [-0.1, -0.05) is 6.92 Å². The van der Waals surface area contributed by atoms with Crippen LogP contribution in [0.4, 0.5) is 4.79 Å². The molecule has 2 aliphatic rings. The van der Waals surface area contributed by atoms with E-state index in [0.717, 1.165) is 13.1 Å². The third kappa shape index (κ3) is 3.18. The van der Waals surface area contributed by atoms with Crippen molar-refractivity contribution in [3.8, 4) is 0 Å². The standard InChI is InChI=1S/C13H24N4O2/c1-3-15-13(19)17-6-4-16(5-7-17)12(18)10(2)11-8-14-9-11/h10-11,14H,3-9H2,1-2H3,(H,15,19). The Balaban J connectivity index is 1.79. The summed E-state index contributed by atoms with van der Waals surface area (Å²) >= 11 is 0. The van der Waals surface area contributed by atoms with E-state index in [-0.39, 0.29) is 17.9 Å². The summed E-state index contributed by atoms with van der Waals surface area (Å²) in [6.45, 7) is 9.04. The number of piperazine rings is 1. The largest absolute Gasteiger partial charge is 0.339 e. The highest BCUT2D eigenvalue weighted by molar-refractivity contribution is 5.80. The molecule has 6 nitrogen and oxygen atoms in total. The molecule has 2 aliphatic heterocycles. The van der Waals surface area contributed by atoms with Gasteiger partial charge in [-0.15, -0.1) is 0 Å². The normalized spacial score (nSPS) is 21.8. The fourth-order valence-electron chi connectivity index (χ4n) is 2.55. The van der Waals surface area contributed by atoms with Crippen LogP contribution in [-0.2, 0) is 4.79 Å². The Morgan fingerprint density at radius 3 is 2.26 bits per heavy atom. The van der Waals surface area contributed by atoms with E-state index in [0.29, 0.717) is 38.6 Å². The molecule has 0 bridgehead atoms. The molecular formula is C13H24N4O2. The van der Waals surface area contributed by atoms with Gasteiger partial charge in [0.25, 0.3) is 0 Å². The molecule has 0 radical (unpaired) electrons. The van der Waals surface area contributed by atoms with E-state index in [4.69, 9.17) is 0 Å². The van der Waals surface area contributed by atoms with Crippen molar-refractivity contribution in [2.75, 3.05) is 45.8 Å². The maximum atomic E-state index is 12.3. The molecule has 2 saturated heterocycles. The predicted octanol–water partition coefficient (Wildman–Crippen LogP) is -0.284. The van der Waals surface area contributed by atoms with Gasteiger partial charge < -0.3 is 20.4 Å². The van der Waals surface area contributed by atoms with E-state index in [1.165, 1.54) is 0 Å². The van der Waals surface area contributed by atoms with Crippen LogP contribution < -0.4 is 10.6 Å². The van der Waals surface area contributed by atoms with Crippen molar-refractivity contribution in [1.29, 1.82) is 0 Å². The average Bonchev–Trinajstić information content (AvgIpc) is 2.36. The van der Waals surface area contributed by atoms with Crippen molar-refractivity contribution in [1.82, 2.24) is 20.4 Å². The molecule has 0 saturated carbocycles. The van der Waals surface area contributed by atoms with Crippen LogP contribution >= 0.6 is 0 Å². The summed E-state index contributed by atoms with van der Waals surface area (Å²) in [5, 5.41) is 6.00. The molecule has 0 aromatic heterocycles. The molecule has 2 N–H and O–H groups in total. The van der Waals surface area contributed by atoms with E-state index in [1.807, 2.05) is 18.7 Å². The highest BCUT2D eigenvalue weighted by Crippen LogP contribution is 2.19. The maximum Gasteiger partial charge on any atom is 0.317 e. The Bertz CT molecular complexity index is 336. The monoisotopic (exact) mass is 268 g/mol. The van der Waals surface area contributed by atoms with E-state index in [1.54, 1.807) is 4.90 Å². The summed E-state index contributed by atoms with van der Waals surface area (Å²) in [7, 11) is 0. The van der Waals surface area contributed by atoms with Crippen LogP contribution in [0, 0.1) is 11.8 Å². The second-order valence-corrected chi connectivity index (χ2v) is 5.35. The number of nitrogens with one attached hydrogen (secondary N) is 2. The lowest BCUT2D eigenvalue weighted by Crippen LogP contribution is -2.56. The van der Waals surface area contributed by atoms with Crippen molar-refractivity contribution < 1.29 is 9.59 Å². The van der Waals surface area contributed by atoms with Gasteiger partial charge in [0.1, 0.15) is 0 Å². The van der Waals surface area contributed by atoms with E-state index < -0.39 is 0 Å². The van der Waals surface area contributed by atoms with Crippen molar-refractivity contribution in [3.63, 3.8) is 0 Å². The van der Waals surface area contributed by atoms with Gasteiger partial charge in [0, 0.05) is 38.6 Å². The first-order chi connectivity index (χ1) is 9.13. The van der Waals surface area contributed by atoms with E-state index in [2.05, 4.69) is 10.6 Å². The van der Waals surface area contributed by atoms with Gasteiger partial charge in [-0.2, -0.15) is 0 Å². The first kappa shape index (κ1) is 14.1. The van der Waals surface area contributed by atoms with Crippen LogP contribution in [0.3, 0.4) is 0 Å². The summed E-state index contributed by atoms with van der Waals surface area (Å²) in [4.78, 5) is 27.7. The average molecular weight is 268 g/mol. The minimum absolute atomic E-state index is 0.0224. The number of nitrogens with zero attached hydrogens (tertiary/aromatic N) is 2. The topological polar surface area (TPSA) is 64.7 Å². The lowest BCUT2D eigenvalue weighted by atomic mass is 9.88. The summed E-state index contributed by atoms with van der Waals surface area (Å²) in [6.07, 6.45) is 0. The Morgan fingerprint density at radius 1 is 1.21 bits per heavy atom. The van der Waals surface area contributed by atoms with E-state index >= 15 is 0 Å². The zero-order valence-electron chi connectivity index (χ0n) is 11.8. The number of amides is 3. The number of hydrogen-bond donors (Lipinski definition) is 2. The summed E-state index contributed by atoms with van der Waals surface area (Å²) in [5.41, 5.74) is 0. The van der Waals surface area contributed by atoms with E-state index in [9.17, 15) is 9.59 Å². The maximum absolute atomic E-state index is 12.3. The molecule has 0 spiro atoms. The highest BCUT2D eigenvalue weighted by Gasteiger charge is 2.33. The van der Waals surface area contributed by atoms with Crippen LogP contribution in [0.25, 0.3) is 0 Å². The second-order valence-electron chi connectivity index (χ2n) is 5.35. The number of urea groups is 1. The van der Waals surface area contributed by atoms with Gasteiger partial charge in [-0.05, 0) is 25.9 Å². The smallest absolute Gasteiger partial charge is 0.317 e. The second kappa shape index (κ2) is 6.23. The van der Waals surface area contributed by atoms with Gasteiger partial charge in [0.2, 0.25) is 5.91 Å². The predicted molar refractivity (Wildman–Crippen MR) is 72.7 cm³/mol. The van der Waals surface area contributed by atoms with Gasteiger partial charge in [-0.25, -0.2) is 4.79 Å². The molecule has 0 aromatic carbocycles. The zero-order chi connectivity index (χ0) is 13.8. The minimum Gasteiger partial charge on any atom is -0.339 e. The van der Waals surface area contributed by atoms with Crippen LogP contribution in [0.1, 0.15) is 13.8 Å². The lowest BCUT2D eigenvalue weighted by Gasteiger charge is -2.39. The quantitative estimate of drug-likeness (QED) is 0.739. The first-order valence-electron chi connectivity index (χ1n) is 7.15. The SMILES string of the molecule is CCNC(=O)N1CCN(C(=O)C(C)C2CNC2)CC1. The molecule has 2 heterocycles. The van der Waals surface area contributed by atoms with Crippen LogP contribution in [0.15, 0.2) is 0 Å². The van der Waals surface area contributed by atoms with Crippen molar-refractivity contribution >= 4 is 11.9 Å². The Kier molecular flexibility index (Phi) is 4.63. The molecule has 2 rings (SSSR count). The first-order valence-corrected chi connectivity index (χ1v) is 7.15. The zero-order valence-corrected chi connectivity index (χ0v) is 11.8. The summed E-state index contributed by atoms with van der Waals surface area (Å²) < 4.78 is 0. The molecule has 2 fully saturated rings. The molecule has 0 aliphatic carbocycles. The molecule has 19 heavy (non-hydrogen) atoms. The minimum atomic E-state index is -0.0224. The van der Waals surface area contributed by atoms with Gasteiger partial charge >= 0.3 is 6.03 Å². The fourth-order valence-corrected chi connectivity index (χ4v) is 2.55. The summed E-state index contributed by atoms with van der Waals surface area (Å²) in [5.74, 6) is 0.813. The molecule has 1 unspecified atom stereocenters. The van der Waals surface area contributed by atoms with Crippen LogP contribution in [0.5, 0.6) is 0 Å².